The number of rotatable bonds is 2. The maximum Gasteiger partial charge on any atom is 0.573 e. The Morgan fingerprint density at radius 3 is 2.58 bits per heavy atom. The number of alkyl halides is 3. The largest absolute Gasteiger partial charge is 0.573 e. The van der Waals surface area contributed by atoms with E-state index in [0.717, 1.165) is 0 Å². The van der Waals surface area contributed by atoms with Crippen molar-refractivity contribution in [2.24, 2.45) is 0 Å². The Hall–Kier alpha value is -1.60. The number of nitrogens with zero attached hydrogens (tertiary/aromatic N) is 1. The summed E-state index contributed by atoms with van der Waals surface area (Å²) < 4.78 is 41.1. The van der Waals surface area contributed by atoms with Gasteiger partial charge in [0.1, 0.15) is 15.5 Å². The van der Waals surface area contributed by atoms with E-state index in [1.165, 1.54) is 24.3 Å². The van der Waals surface area contributed by atoms with Crippen molar-refractivity contribution < 1.29 is 17.9 Å². The number of ether oxygens (including phenoxy) is 1. The van der Waals surface area contributed by atoms with Crippen LogP contribution in [0.1, 0.15) is 0 Å². The first kappa shape index (κ1) is 13.8. The Morgan fingerprint density at radius 2 is 1.89 bits per heavy atom. The van der Waals surface area contributed by atoms with Gasteiger partial charge in [0.2, 0.25) is 0 Å². The summed E-state index contributed by atoms with van der Waals surface area (Å²) in [5.41, 5.74) is 0.500. The van der Waals surface area contributed by atoms with Gasteiger partial charge >= 0.3 is 6.36 Å². The number of para-hydroxylation sites is 1. The van der Waals surface area contributed by atoms with E-state index in [2.05, 4.69) is 14.9 Å². The molecule has 100 valence electrons. The van der Waals surface area contributed by atoms with Crippen LogP contribution < -0.4 is 4.74 Å². The number of halogens is 4. The molecular formula is C11H6ClF3N2OS. The number of benzene rings is 1. The third kappa shape index (κ3) is 3.45. The normalized spacial score (nSPS) is 11.4. The van der Waals surface area contributed by atoms with E-state index in [0.29, 0.717) is 5.56 Å². The number of hydrogen-bond donors (Lipinski definition) is 1. The van der Waals surface area contributed by atoms with E-state index in [4.69, 9.17) is 23.8 Å². The van der Waals surface area contributed by atoms with Crippen LogP contribution in [0.2, 0.25) is 5.15 Å². The topological polar surface area (TPSA) is 37.9 Å². The lowest BCUT2D eigenvalue weighted by Crippen LogP contribution is -2.17. The van der Waals surface area contributed by atoms with E-state index in [-0.39, 0.29) is 21.1 Å². The van der Waals surface area contributed by atoms with Gasteiger partial charge in [-0.15, -0.1) is 13.2 Å². The predicted molar refractivity (Wildman–Crippen MR) is 66.6 cm³/mol. The molecule has 0 bridgehead atoms. The SMILES string of the molecule is FC(F)(F)Oc1ccccc1-c1cc(Cl)n[nH]c1=S. The average molecular weight is 307 g/mol. The fourth-order valence-electron chi connectivity index (χ4n) is 1.48. The van der Waals surface area contributed by atoms with Gasteiger partial charge in [0, 0.05) is 11.1 Å². The molecule has 2 rings (SSSR count). The smallest absolute Gasteiger partial charge is 0.405 e. The Kier molecular flexibility index (Phi) is 3.77. The van der Waals surface area contributed by atoms with E-state index >= 15 is 0 Å². The molecular weight excluding hydrogens is 301 g/mol. The van der Waals surface area contributed by atoms with Crippen molar-refractivity contribution in [3.8, 4) is 16.9 Å². The van der Waals surface area contributed by atoms with Gasteiger partial charge in [-0.25, -0.2) is 0 Å². The zero-order valence-corrected chi connectivity index (χ0v) is 10.7. The van der Waals surface area contributed by atoms with Crippen molar-refractivity contribution >= 4 is 23.8 Å². The van der Waals surface area contributed by atoms with Crippen LogP contribution in [0.4, 0.5) is 13.2 Å². The lowest BCUT2D eigenvalue weighted by atomic mass is 10.1. The van der Waals surface area contributed by atoms with Gasteiger partial charge in [-0.3, -0.25) is 5.10 Å². The minimum absolute atomic E-state index is 0.0883. The quantitative estimate of drug-likeness (QED) is 0.838. The summed E-state index contributed by atoms with van der Waals surface area (Å²) in [6.45, 7) is 0. The maximum atomic E-state index is 12.3. The number of nitrogens with one attached hydrogen (secondary N) is 1. The number of H-pyrrole nitrogens is 1. The molecule has 1 heterocycles. The molecule has 0 aliphatic heterocycles. The van der Waals surface area contributed by atoms with Crippen LogP contribution in [-0.4, -0.2) is 16.6 Å². The van der Waals surface area contributed by atoms with Crippen LogP contribution in [0.3, 0.4) is 0 Å². The van der Waals surface area contributed by atoms with Crippen LogP contribution in [0.15, 0.2) is 30.3 Å². The van der Waals surface area contributed by atoms with Crippen LogP contribution in [0, 0.1) is 4.64 Å². The van der Waals surface area contributed by atoms with Crippen molar-refractivity contribution in [3.05, 3.63) is 40.1 Å². The van der Waals surface area contributed by atoms with Crippen LogP contribution in [0.5, 0.6) is 5.75 Å². The van der Waals surface area contributed by atoms with Crippen molar-refractivity contribution in [2.75, 3.05) is 0 Å². The number of hydrogen-bond acceptors (Lipinski definition) is 3. The first-order chi connectivity index (χ1) is 8.87. The Bertz CT molecular complexity index is 657. The lowest BCUT2D eigenvalue weighted by molar-refractivity contribution is -0.274. The van der Waals surface area contributed by atoms with Crippen molar-refractivity contribution in [1.82, 2.24) is 10.2 Å². The molecule has 1 aromatic carbocycles. The lowest BCUT2D eigenvalue weighted by Gasteiger charge is -2.13. The first-order valence-electron chi connectivity index (χ1n) is 4.97. The highest BCUT2D eigenvalue weighted by Gasteiger charge is 2.32. The highest BCUT2D eigenvalue weighted by molar-refractivity contribution is 7.71. The Morgan fingerprint density at radius 1 is 1.21 bits per heavy atom. The van der Waals surface area contributed by atoms with Gasteiger partial charge in [-0.2, -0.15) is 5.10 Å². The molecule has 0 saturated carbocycles. The first-order valence-corrected chi connectivity index (χ1v) is 5.76. The molecule has 19 heavy (non-hydrogen) atoms. The summed E-state index contributed by atoms with van der Waals surface area (Å²) in [6, 6.07) is 7.03. The molecule has 0 unspecified atom stereocenters. The summed E-state index contributed by atoms with van der Waals surface area (Å²) in [5.74, 6) is -0.350. The van der Waals surface area contributed by atoms with E-state index in [1.54, 1.807) is 6.07 Å². The third-order valence-electron chi connectivity index (χ3n) is 2.18. The zero-order valence-electron chi connectivity index (χ0n) is 9.16. The Balaban J connectivity index is 2.56. The van der Waals surface area contributed by atoms with Crippen molar-refractivity contribution in [1.29, 1.82) is 0 Å². The highest BCUT2D eigenvalue weighted by atomic mass is 35.5. The van der Waals surface area contributed by atoms with E-state index < -0.39 is 6.36 Å². The standard InChI is InChI=1S/C11H6ClF3N2OS/c12-9-5-7(10(19)17-16-9)6-3-1-2-4-8(6)18-11(13,14)15/h1-5H,(H,17,19). The second-order valence-corrected chi connectivity index (χ2v) is 4.27. The summed E-state index contributed by atoms with van der Waals surface area (Å²) >= 11 is 10.7. The number of aromatic amines is 1. The van der Waals surface area contributed by atoms with Crippen molar-refractivity contribution in [2.45, 2.75) is 6.36 Å². The van der Waals surface area contributed by atoms with Gasteiger partial charge in [-0.05, 0) is 12.1 Å². The average Bonchev–Trinajstić information content (AvgIpc) is 2.31. The van der Waals surface area contributed by atoms with Gasteiger partial charge in [0.05, 0.1) is 0 Å². The molecule has 0 spiro atoms. The monoisotopic (exact) mass is 306 g/mol. The summed E-state index contributed by atoms with van der Waals surface area (Å²) in [4.78, 5) is 0. The summed E-state index contributed by atoms with van der Waals surface area (Å²) in [5, 5.41) is 6.18. The molecule has 0 aliphatic rings. The minimum Gasteiger partial charge on any atom is -0.405 e. The summed E-state index contributed by atoms with van der Waals surface area (Å²) in [6.07, 6.45) is -4.78. The molecule has 8 heteroatoms. The summed E-state index contributed by atoms with van der Waals surface area (Å²) in [7, 11) is 0. The van der Waals surface area contributed by atoms with Crippen LogP contribution in [0.25, 0.3) is 11.1 Å². The number of aromatic nitrogens is 2. The molecule has 1 aromatic heterocycles. The van der Waals surface area contributed by atoms with E-state index in [9.17, 15) is 13.2 Å². The van der Waals surface area contributed by atoms with Crippen molar-refractivity contribution in [3.63, 3.8) is 0 Å². The maximum absolute atomic E-state index is 12.3. The predicted octanol–water partition coefficient (Wildman–Crippen LogP) is 4.36. The van der Waals surface area contributed by atoms with Gasteiger partial charge in [0.15, 0.2) is 0 Å². The van der Waals surface area contributed by atoms with Gasteiger partial charge in [-0.1, -0.05) is 42.0 Å². The van der Waals surface area contributed by atoms with Crippen LogP contribution in [-0.2, 0) is 0 Å². The zero-order chi connectivity index (χ0) is 14.0. The molecule has 0 aliphatic carbocycles. The highest BCUT2D eigenvalue weighted by Crippen LogP contribution is 2.34. The molecule has 3 nitrogen and oxygen atoms in total. The minimum atomic E-state index is -4.78. The molecule has 1 N–H and O–H groups in total. The van der Waals surface area contributed by atoms with E-state index in [1.807, 2.05) is 0 Å². The molecule has 0 saturated heterocycles. The Labute approximate surface area is 116 Å². The fraction of sp³-hybridized carbons (Fsp3) is 0.0909. The molecule has 0 atom stereocenters. The fourth-order valence-corrected chi connectivity index (χ4v) is 1.85. The third-order valence-corrected chi connectivity index (χ3v) is 2.68. The molecule has 0 amide bonds. The second kappa shape index (κ2) is 5.18. The van der Waals surface area contributed by atoms with Crippen LogP contribution >= 0.6 is 23.8 Å². The molecule has 0 fully saturated rings. The molecule has 2 aromatic rings. The second-order valence-electron chi connectivity index (χ2n) is 3.48. The van der Waals surface area contributed by atoms with Gasteiger partial charge < -0.3 is 4.74 Å². The van der Waals surface area contributed by atoms with Gasteiger partial charge in [0.25, 0.3) is 0 Å². The molecule has 0 radical (unpaired) electrons.